The van der Waals surface area contributed by atoms with Crippen molar-refractivity contribution in [3.05, 3.63) is 91.1 Å². The average Bonchev–Trinajstić information content (AvgIpc) is 3.31. The lowest BCUT2D eigenvalue weighted by atomic mass is 10.1. The maximum atomic E-state index is 12.5. The highest BCUT2D eigenvalue weighted by molar-refractivity contribution is 7.89. The van der Waals surface area contributed by atoms with Gasteiger partial charge in [0.25, 0.3) is 15.9 Å². The summed E-state index contributed by atoms with van der Waals surface area (Å²) in [6.45, 7) is 0. The summed E-state index contributed by atoms with van der Waals surface area (Å²) in [7, 11) is -3.82. The molecular formula is C20H15N5O3S. The van der Waals surface area contributed by atoms with E-state index < -0.39 is 10.0 Å². The molecule has 0 aliphatic rings. The summed E-state index contributed by atoms with van der Waals surface area (Å²) in [5.41, 5.74) is 2.73. The third kappa shape index (κ3) is 3.90. The highest BCUT2D eigenvalue weighted by atomic mass is 32.2. The molecule has 0 atom stereocenters. The number of hydrogen-bond acceptors (Lipinski definition) is 6. The predicted molar refractivity (Wildman–Crippen MR) is 107 cm³/mol. The maximum absolute atomic E-state index is 12.5. The van der Waals surface area contributed by atoms with Crippen LogP contribution in [-0.4, -0.2) is 33.5 Å². The van der Waals surface area contributed by atoms with Gasteiger partial charge in [0.2, 0.25) is 0 Å². The van der Waals surface area contributed by atoms with Crippen LogP contribution in [0.4, 0.5) is 5.69 Å². The maximum Gasteiger partial charge on any atom is 0.284 e. The number of aromatic nitrogens is 4. The fraction of sp³-hybridized carbons (Fsp3) is 0. The number of benzene rings is 2. The fourth-order valence-corrected chi connectivity index (χ4v) is 3.71. The van der Waals surface area contributed by atoms with Gasteiger partial charge in [-0.15, -0.1) is 9.19 Å². The van der Waals surface area contributed by atoms with Gasteiger partial charge in [-0.1, -0.05) is 18.2 Å². The van der Waals surface area contributed by atoms with Gasteiger partial charge in [-0.2, -0.15) is 8.42 Å². The molecule has 0 radical (unpaired) electrons. The third-order valence-corrected chi connectivity index (χ3v) is 5.71. The molecule has 2 aromatic heterocycles. The van der Waals surface area contributed by atoms with Crippen LogP contribution in [0.1, 0.15) is 10.4 Å². The topological polar surface area (TPSA) is 107 Å². The van der Waals surface area contributed by atoms with Gasteiger partial charge in [0, 0.05) is 23.0 Å². The van der Waals surface area contributed by atoms with Crippen molar-refractivity contribution in [2.45, 2.75) is 4.90 Å². The number of carbonyl (C=O) groups excluding carboxylic acids is 1. The van der Waals surface area contributed by atoms with Crippen LogP contribution in [0.25, 0.3) is 11.3 Å². The van der Waals surface area contributed by atoms with Crippen LogP contribution in [-0.2, 0) is 10.0 Å². The highest BCUT2D eigenvalue weighted by Crippen LogP contribution is 2.20. The number of carbonyl (C=O) groups is 1. The SMILES string of the molecule is O=C(Nc1ccc(-c2ccccn2)cc1)c1ccc(S(=O)(=O)n2cncn2)cc1. The van der Waals surface area contributed by atoms with E-state index in [0.29, 0.717) is 11.3 Å². The summed E-state index contributed by atoms with van der Waals surface area (Å²) in [5.74, 6) is -0.347. The van der Waals surface area contributed by atoms with Crippen LogP contribution < -0.4 is 5.32 Å². The summed E-state index contributed by atoms with van der Waals surface area (Å²) >= 11 is 0. The van der Waals surface area contributed by atoms with E-state index in [1.807, 2.05) is 30.3 Å². The number of amides is 1. The summed E-state index contributed by atoms with van der Waals surface area (Å²) in [6, 6.07) is 18.6. The second-order valence-corrected chi connectivity index (χ2v) is 7.84. The van der Waals surface area contributed by atoms with Gasteiger partial charge in [0.15, 0.2) is 0 Å². The molecule has 4 aromatic rings. The molecule has 0 fully saturated rings. The van der Waals surface area contributed by atoms with Gasteiger partial charge in [0.05, 0.1) is 10.6 Å². The third-order valence-electron chi connectivity index (χ3n) is 4.16. The Morgan fingerprint density at radius 3 is 2.31 bits per heavy atom. The zero-order chi connectivity index (χ0) is 20.3. The molecule has 0 bridgehead atoms. The number of anilines is 1. The molecule has 1 N–H and O–H groups in total. The van der Waals surface area contributed by atoms with Crippen LogP contribution in [0.3, 0.4) is 0 Å². The molecule has 2 aromatic carbocycles. The summed E-state index contributed by atoms with van der Waals surface area (Å²) < 4.78 is 25.5. The molecule has 0 aliphatic heterocycles. The first-order chi connectivity index (χ1) is 14.0. The van der Waals surface area contributed by atoms with Crippen LogP contribution in [0.5, 0.6) is 0 Å². The van der Waals surface area contributed by atoms with Gasteiger partial charge in [0.1, 0.15) is 12.7 Å². The molecule has 4 rings (SSSR count). The minimum absolute atomic E-state index is 0.0132. The molecule has 0 saturated carbocycles. The fourth-order valence-electron chi connectivity index (χ4n) is 2.67. The Morgan fingerprint density at radius 2 is 1.69 bits per heavy atom. The minimum atomic E-state index is -3.82. The standard InChI is InChI=1S/C20H15N5O3S/c26-20(24-17-8-4-15(5-9-17)19-3-1-2-12-22-19)16-6-10-18(11-7-16)29(27,28)25-14-21-13-23-25/h1-14H,(H,24,26). The first-order valence-corrected chi connectivity index (χ1v) is 10.0. The Bertz CT molecular complexity index is 1220. The smallest absolute Gasteiger partial charge is 0.284 e. The summed E-state index contributed by atoms with van der Waals surface area (Å²) in [5, 5.41) is 6.43. The Morgan fingerprint density at radius 1 is 0.931 bits per heavy atom. The van der Waals surface area contributed by atoms with Crippen LogP contribution >= 0.6 is 0 Å². The Kier molecular flexibility index (Phi) is 4.88. The number of rotatable bonds is 5. The number of nitrogens with zero attached hydrogens (tertiary/aromatic N) is 4. The molecule has 0 aliphatic carbocycles. The van der Waals surface area contributed by atoms with Crippen molar-refractivity contribution in [2.75, 3.05) is 5.32 Å². The second-order valence-electron chi connectivity index (χ2n) is 6.04. The highest BCUT2D eigenvalue weighted by Gasteiger charge is 2.18. The Hall–Kier alpha value is -3.85. The van der Waals surface area contributed by atoms with E-state index >= 15 is 0 Å². The molecule has 0 unspecified atom stereocenters. The molecule has 8 nitrogen and oxygen atoms in total. The number of nitrogens with one attached hydrogen (secondary N) is 1. The van der Waals surface area contributed by atoms with Crippen molar-refractivity contribution in [3.63, 3.8) is 0 Å². The summed E-state index contributed by atoms with van der Waals surface area (Å²) in [4.78, 5) is 20.4. The first-order valence-electron chi connectivity index (χ1n) is 8.57. The molecule has 2 heterocycles. The van der Waals surface area contributed by atoms with E-state index in [1.54, 1.807) is 18.3 Å². The predicted octanol–water partition coefficient (Wildman–Crippen LogP) is 2.83. The van der Waals surface area contributed by atoms with Gasteiger partial charge in [-0.05, 0) is 48.5 Å². The normalized spacial score (nSPS) is 11.2. The summed E-state index contributed by atoms with van der Waals surface area (Å²) in [6.07, 6.45) is 3.96. The van der Waals surface area contributed by atoms with Gasteiger partial charge in [-0.3, -0.25) is 9.78 Å². The van der Waals surface area contributed by atoms with Crippen molar-refractivity contribution in [2.24, 2.45) is 0 Å². The zero-order valence-corrected chi connectivity index (χ0v) is 15.8. The lowest BCUT2D eigenvalue weighted by Gasteiger charge is -2.08. The molecule has 144 valence electrons. The van der Waals surface area contributed by atoms with Crippen molar-refractivity contribution >= 4 is 21.6 Å². The number of pyridine rings is 1. The Balaban J connectivity index is 1.48. The van der Waals surface area contributed by atoms with Crippen molar-refractivity contribution in [3.8, 4) is 11.3 Å². The lowest BCUT2D eigenvalue weighted by molar-refractivity contribution is 0.102. The largest absolute Gasteiger partial charge is 0.322 e. The number of hydrogen-bond donors (Lipinski definition) is 1. The van der Waals surface area contributed by atoms with E-state index in [1.165, 1.54) is 24.3 Å². The molecule has 0 saturated heterocycles. The van der Waals surface area contributed by atoms with E-state index in [9.17, 15) is 13.2 Å². The molecule has 9 heteroatoms. The molecule has 29 heavy (non-hydrogen) atoms. The molecule has 0 spiro atoms. The molecule has 1 amide bonds. The second kappa shape index (κ2) is 7.64. The van der Waals surface area contributed by atoms with Crippen LogP contribution in [0.15, 0.2) is 90.5 Å². The minimum Gasteiger partial charge on any atom is -0.322 e. The zero-order valence-electron chi connectivity index (χ0n) is 15.0. The molecular weight excluding hydrogens is 390 g/mol. The first kappa shape index (κ1) is 18.5. The van der Waals surface area contributed by atoms with Gasteiger partial charge >= 0.3 is 0 Å². The monoisotopic (exact) mass is 405 g/mol. The van der Waals surface area contributed by atoms with E-state index in [4.69, 9.17) is 0 Å². The van der Waals surface area contributed by atoms with Gasteiger partial charge in [-0.25, -0.2) is 4.98 Å². The van der Waals surface area contributed by atoms with Crippen LogP contribution in [0, 0.1) is 0 Å². The van der Waals surface area contributed by atoms with Crippen molar-refractivity contribution in [1.82, 2.24) is 19.2 Å². The Labute approximate surface area is 166 Å². The van der Waals surface area contributed by atoms with Crippen LogP contribution in [0.2, 0.25) is 0 Å². The van der Waals surface area contributed by atoms with Crippen molar-refractivity contribution in [1.29, 1.82) is 0 Å². The lowest BCUT2D eigenvalue weighted by Crippen LogP contribution is -2.15. The quantitative estimate of drug-likeness (QED) is 0.547. The van der Waals surface area contributed by atoms with Crippen molar-refractivity contribution < 1.29 is 13.2 Å². The van der Waals surface area contributed by atoms with Gasteiger partial charge < -0.3 is 5.32 Å². The van der Waals surface area contributed by atoms with E-state index in [0.717, 1.165) is 28.0 Å². The van der Waals surface area contributed by atoms with E-state index in [-0.39, 0.29) is 10.8 Å². The average molecular weight is 405 g/mol. The van der Waals surface area contributed by atoms with E-state index in [2.05, 4.69) is 20.4 Å².